The van der Waals surface area contributed by atoms with Crippen LogP contribution in [0.2, 0.25) is 0 Å². The zero-order valence-corrected chi connectivity index (χ0v) is 13.9. The summed E-state index contributed by atoms with van der Waals surface area (Å²) in [6.07, 6.45) is -2.05. The number of halogens is 3. The van der Waals surface area contributed by atoms with Crippen molar-refractivity contribution in [3.05, 3.63) is 58.9 Å². The standard InChI is InChI=1S/C17H12F3N5O2/c1-2-27-13-6-4-3-5-12(13)24-8-7-11-10(14(24)26)9-21-16-22-15(17(18,19)20)23-25(11)16/h3-9H,2H2,1H3. The maximum absolute atomic E-state index is 12.9. The van der Waals surface area contributed by atoms with Gasteiger partial charge in [0.15, 0.2) is 0 Å². The number of nitrogens with zero attached hydrogens (tertiary/aromatic N) is 5. The summed E-state index contributed by atoms with van der Waals surface area (Å²) in [5.41, 5.74) is 0.233. The first-order valence-corrected chi connectivity index (χ1v) is 7.96. The van der Waals surface area contributed by atoms with E-state index in [1.807, 2.05) is 6.92 Å². The third-order valence-corrected chi connectivity index (χ3v) is 3.91. The SMILES string of the molecule is CCOc1ccccc1-n1ccc2c(cnc3nc(C(F)(F)F)nn32)c1=O. The molecule has 0 saturated heterocycles. The van der Waals surface area contributed by atoms with E-state index in [1.165, 1.54) is 23.0 Å². The van der Waals surface area contributed by atoms with Gasteiger partial charge >= 0.3 is 6.18 Å². The molecule has 4 aromatic rings. The van der Waals surface area contributed by atoms with E-state index < -0.39 is 17.6 Å². The monoisotopic (exact) mass is 375 g/mol. The minimum atomic E-state index is -4.70. The lowest BCUT2D eigenvalue weighted by molar-refractivity contribution is -0.144. The van der Waals surface area contributed by atoms with E-state index in [2.05, 4.69) is 15.1 Å². The number of ether oxygens (including phenoxy) is 1. The largest absolute Gasteiger partial charge is 0.492 e. The summed E-state index contributed by atoms with van der Waals surface area (Å²) in [5, 5.41) is 3.55. The minimum Gasteiger partial charge on any atom is -0.492 e. The van der Waals surface area contributed by atoms with Gasteiger partial charge in [-0.25, -0.2) is 4.98 Å². The van der Waals surface area contributed by atoms with Crippen LogP contribution < -0.4 is 10.3 Å². The number of rotatable bonds is 3. The van der Waals surface area contributed by atoms with E-state index in [4.69, 9.17) is 4.74 Å². The minimum absolute atomic E-state index is 0.106. The highest BCUT2D eigenvalue weighted by Crippen LogP contribution is 2.27. The summed E-state index contributed by atoms with van der Waals surface area (Å²) in [6.45, 7) is 2.24. The number of para-hydroxylation sites is 2. The topological polar surface area (TPSA) is 74.3 Å². The Bertz CT molecular complexity index is 1210. The lowest BCUT2D eigenvalue weighted by Gasteiger charge is -2.12. The second kappa shape index (κ2) is 6.08. The van der Waals surface area contributed by atoms with Gasteiger partial charge < -0.3 is 4.74 Å². The first kappa shape index (κ1) is 17.0. The van der Waals surface area contributed by atoms with Crippen LogP contribution in [0.4, 0.5) is 13.2 Å². The number of alkyl halides is 3. The van der Waals surface area contributed by atoms with E-state index in [0.717, 1.165) is 4.52 Å². The molecule has 0 aliphatic carbocycles. The van der Waals surface area contributed by atoms with Crippen molar-refractivity contribution in [1.82, 2.24) is 24.1 Å². The number of hydrogen-bond acceptors (Lipinski definition) is 5. The molecule has 27 heavy (non-hydrogen) atoms. The number of fused-ring (bicyclic) bond motifs is 3. The van der Waals surface area contributed by atoms with Crippen molar-refractivity contribution < 1.29 is 17.9 Å². The van der Waals surface area contributed by atoms with Crippen molar-refractivity contribution in [2.45, 2.75) is 13.1 Å². The molecule has 0 amide bonds. The highest BCUT2D eigenvalue weighted by atomic mass is 19.4. The van der Waals surface area contributed by atoms with E-state index >= 15 is 0 Å². The average Bonchev–Trinajstić information content (AvgIpc) is 3.08. The van der Waals surface area contributed by atoms with Crippen LogP contribution in [0.25, 0.3) is 22.4 Å². The van der Waals surface area contributed by atoms with Crippen LogP contribution in [0.1, 0.15) is 12.7 Å². The van der Waals surface area contributed by atoms with E-state index in [-0.39, 0.29) is 16.7 Å². The predicted octanol–water partition coefficient (Wildman–Crippen LogP) is 2.85. The smallest absolute Gasteiger partial charge is 0.453 e. The molecule has 0 spiro atoms. The molecular weight excluding hydrogens is 363 g/mol. The van der Waals surface area contributed by atoms with Crippen molar-refractivity contribution in [2.75, 3.05) is 6.61 Å². The Kier molecular flexibility index (Phi) is 3.83. The molecule has 1 aromatic carbocycles. The molecule has 0 saturated carbocycles. The van der Waals surface area contributed by atoms with Crippen molar-refractivity contribution in [3.8, 4) is 11.4 Å². The van der Waals surface area contributed by atoms with Gasteiger partial charge in [0.2, 0.25) is 0 Å². The van der Waals surface area contributed by atoms with Gasteiger partial charge in [0.05, 0.1) is 23.2 Å². The van der Waals surface area contributed by atoms with E-state index in [1.54, 1.807) is 24.3 Å². The second-order valence-electron chi connectivity index (χ2n) is 5.59. The Balaban J connectivity index is 1.96. The molecular formula is C17H12F3N5O2. The Hall–Kier alpha value is -3.43. The molecule has 0 aliphatic heterocycles. The van der Waals surface area contributed by atoms with Gasteiger partial charge in [-0.05, 0) is 25.1 Å². The molecule has 138 valence electrons. The van der Waals surface area contributed by atoms with Crippen LogP contribution in [-0.2, 0) is 6.18 Å². The second-order valence-corrected chi connectivity index (χ2v) is 5.59. The highest BCUT2D eigenvalue weighted by Gasteiger charge is 2.36. The highest BCUT2D eigenvalue weighted by molar-refractivity contribution is 5.79. The van der Waals surface area contributed by atoms with E-state index in [0.29, 0.717) is 18.0 Å². The third kappa shape index (κ3) is 2.78. The molecule has 0 fully saturated rings. The van der Waals surface area contributed by atoms with Crippen LogP contribution in [0, 0.1) is 0 Å². The maximum atomic E-state index is 12.9. The van der Waals surface area contributed by atoms with Crippen molar-refractivity contribution >= 4 is 16.7 Å². The molecule has 0 radical (unpaired) electrons. The van der Waals surface area contributed by atoms with Crippen molar-refractivity contribution in [3.63, 3.8) is 0 Å². The average molecular weight is 375 g/mol. The van der Waals surface area contributed by atoms with Crippen molar-refractivity contribution in [1.29, 1.82) is 0 Å². The van der Waals surface area contributed by atoms with Crippen molar-refractivity contribution in [2.24, 2.45) is 0 Å². The molecule has 0 bridgehead atoms. The lowest BCUT2D eigenvalue weighted by Crippen LogP contribution is -2.19. The Morgan fingerprint density at radius 1 is 1.19 bits per heavy atom. The number of hydrogen-bond donors (Lipinski definition) is 0. The fraction of sp³-hybridized carbons (Fsp3) is 0.176. The summed E-state index contributed by atoms with van der Waals surface area (Å²) in [4.78, 5) is 20.1. The van der Waals surface area contributed by atoms with Crippen LogP contribution in [0.5, 0.6) is 5.75 Å². The molecule has 7 nitrogen and oxygen atoms in total. The number of aromatic nitrogens is 5. The van der Waals surface area contributed by atoms with Crippen LogP contribution in [0.15, 0.2) is 47.5 Å². The van der Waals surface area contributed by atoms with Crippen LogP contribution >= 0.6 is 0 Å². The van der Waals surface area contributed by atoms with E-state index in [9.17, 15) is 18.0 Å². The Morgan fingerprint density at radius 3 is 2.70 bits per heavy atom. The fourth-order valence-electron chi connectivity index (χ4n) is 2.76. The van der Waals surface area contributed by atoms with Gasteiger partial charge in [0.25, 0.3) is 17.2 Å². The quantitative estimate of drug-likeness (QED) is 0.551. The summed E-state index contributed by atoms with van der Waals surface area (Å²) >= 11 is 0. The van der Waals surface area contributed by atoms with Gasteiger partial charge in [-0.2, -0.15) is 22.7 Å². The molecule has 4 rings (SSSR count). The number of pyridine rings is 1. The molecule has 0 aliphatic rings. The van der Waals surface area contributed by atoms with Gasteiger partial charge in [-0.15, -0.1) is 5.10 Å². The molecule has 0 unspecified atom stereocenters. The third-order valence-electron chi connectivity index (χ3n) is 3.91. The first-order chi connectivity index (χ1) is 12.9. The molecule has 0 atom stereocenters. The zero-order valence-electron chi connectivity index (χ0n) is 13.9. The van der Waals surface area contributed by atoms with Gasteiger partial charge in [0, 0.05) is 12.4 Å². The van der Waals surface area contributed by atoms with Crippen LogP contribution in [0.3, 0.4) is 0 Å². The fourth-order valence-corrected chi connectivity index (χ4v) is 2.76. The Labute approximate surface area is 149 Å². The summed E-state index contributed by atoms with van der Waals surface area (Å²) in [7, 11) is 0. The zero-order chi connectivity index (χ0) is 19.2. The molecule has 3 aromatic heterocycles. The van der Waals surface area contributed by atoms with Gasteiger partial charge in [0.1, 0.15) is 5.75 Å². The maximum Gasteiger partial charge on any atom is 0.453 e. The normalized spacial score (nSPS) is 12.0. The summed E-state index contributed by atoms with van der Waals surface area (Å²) in [6, 6.07) is 8.46. The van der Waals surface area contributed by atoms with Crippen LogP contribution in [-0.4, -0.2) is 30.8 Å². The number of benzene rings is 1. The predicted molar refractivity (Wildman–Crippen MR) is 90.1 cm³/mol. The summed E-state index contributed by atoms with van der Waals surface area (Å²) < 4.78 is 46.4. The van der Waals surface area contributed by atoms with Gasteiger partial charge in [-0.1, -0.05) is 12.1 Å². The Morgan fingerprint density at radius 2 is 1.96 bits per heavy atom. The molecule has 3 heterocycles. The first-order valence-electron chi connectivity index (χ1n) is 7.96. The lowest BCUT2D eigenvalue weighted by atomic mass is 10.2. The van der Waals surface area contributed by atoms with Gasteiger partial charge in [-0.3, -0.25) is 9.36 Å². The molecule has 0 N–H and O–H groups in total. The summed E-state index contributed by atoms with van der Waals surface area (Å²) in [5.74, 6) is -1.04. The molecule has 10 heteroatoms.